The quantitative estimate of drug-likeness (QED) is 0.543. The van der Waals surface area contributed by atoms with E-state index < -0.39 is 0 Å². The fraction of sp³-hybridized carbons (Fsp3) is 0. The van der Waals surface area contributed by atoms with Crippen LogP contribution in [0.1, 0.15) is 0 Å². The van der Waals surface area contributed by atoms with Crippen molar-refractivity contribution in [3.63, 3.8) is 0 Å². The van der Waals surface area contributed by atoms with E-state index in [1.165, 1.54) is 0 Å². The third kappa shape index (κ3) is 25.4. The number of hydrogen-bond donors (Lipinski definition) is 0. The Bertz CT molecular complexity index is 11.6. The minimum absolute atomic E-state index is 0. The standard InChI is InChI=1S/Co.Fe.Mn.Ni.O. The summed E-state index contributed by atoms with van der Waals surface area (Å²) in [6.45, 7) is 0. The van der Waals surface area contributed by atoms with Gasteiger partial charge in [0.05, 0.1) is 0 Å². The van der Waals surface area contributed by atoms with Crippen molar-refractivity contribution >= 4 is 0 Å². The first kappa shape index (κ1) is 28.9. The molecule has 0 rings (SSSR count). The molecule has 0 fully saturated rings. The number of rotatable bonds is 0. The molecule has 0 aromatic heterocycles. The zero-order valence-electron chi connectivity index (χ0n) is 1.79. The van der Waals surface area contributed by atoms with E-state index in [0.29, 0.717) is 0 Å². The second-order valence-corrected chi connectivity index (χ2v) is 0. The van der Waals surface area contributed by atoms with Crippen molar-refractivity contribution in [1.82, 2.24) is 0 Å². The molecule has 1 radical (unpaired) electrons. The predicted molar refractivity (Wildman–Crippen MR) is 0.686 cm³/mol. The molecule has 5 heteroatoms. The zero-order chi connectivity index (χ0) is 2.00. The van der Waals surface area contributed by atoms with Crippen molar-refractivity contribution in [3.8, 4) is 0 Å². The summed E-state index contributed by atoms with van der Waals surface area (Å²) in [7, 11) is 0. The molecule has 0 heterocycles. The topological polar surface area (TPSA) is 17.1 Å². The van der Waals surface area contributed by atoms with Crippen LogP contribution in [0.4, 0.5) is 0 Å². The fourth-order valence-corrected chi connectivity index (χ4v) is 0. The molecule has 0 aliphatic rings. The van der Waals surface area contributed by atoms with E-state index in [0.717, 1.165) is 0 Å². The summed E-state index contributed by atoms with van der Waals surface area (Å²) in [6, 6.07) is 0. The summed E-state index contributed by atoms with van der Waals surface area (Å²) < 4.78 is 8.06. The van der Waals surface area contributed by atoms with Crippen molar-refractivity contribution in [2.24, 2.45) is 0 Å². The van der Waals surface area contributed by atoms with Crippen LogP contribution in [0, 0.1) is 0 Å². The summed E-state index contributed by atoms with van der Waals surface area (Å²) in [5, 5.41) is 0. The molecule has 0 aliphatic carbocycles. The normalized spacial score (nSPS) is 0.800. The van der Waals surface area contributed by atoms with Crippen LogP contribution < -0.4 is 0 Å². The average molecular weight is 244 g/mol. The van der Waals surface area contributed by atoms with Crippen molar-refractivity contribution in [1.29, 1.82) is 0 Å². The van der Waals surface area contributed by atoms with Crippen LogP contribution >= 0.6 is 0 Å². The van der Waals surface area contributed by atoms with E-state index in [1.54, 1.807) is 15.9 Å². The summed E-state index contributed by atoms with van der Waals surface area (Å²) in [6.07, 6.45) is 0. The Morgan fingerprint density at radius 3 is 1.20 bits per heavy atom. The van der Waals surface area contributed by atoms with Gasteiger partial charge in [-0.15, -0.1) is 0 Å². The summed E-state index contributed by atoms with van der Waals surface area (Å²) in [4.78, 5) is 0. The number of hydrogen-bond acceptors (Lipinski definition) is 1. The third-order valence-electron chi connectivity index (χ3n) is 0. The molecular weight excluding hydrogens is 244 g/mol. The van der Waals surface area contributed by atoms with Gasteiger partial charge in [-0.05, 0) is 0 Å². The van der Waals surface area contributed by atoms with Crippen molar-refractivity contribution in [2.45, 2.75) is 0 Å². The fourth-order valence-electron chi connectivity index (χ4n) is 0. The van der Waals surface area contributed by atoms with Gasteiger partial charge in [-0.2, -0.15) is 0 Å². The molecule has 0 aromatic carbocycles. The Morgan fingerprint density at radius 1 is 1.20 bits per heavy atom. The average Bonchev–Trinajstić information content (AvgIpc) is 1.00. The SMILES string of the molecule is [Co].[Fe].[Ni].[O]=[Mn]. The van der Waals surface area contributed by atoms with Crippen LogP contribution in [-0.2, 0) is 70.1 Å². The molecule has 0 bridgehead atoms. The molecule has 0 amide bonds. The van der Waals surface area contributed by atoms with Gasteiger partial charge >= 0.3 is 19.8 Å². The van der Waals surface area contributed by atoms with Crippen LogP contribution in [0.5, 0.6) is 0 Å². The van der Waals surface area contributed by atoms with E-state index in [2.05, 4.69) is 0 Å². The first-order chi connectivity index (χ1) is 1.00. The van der Waals surface area contributed by atoms with Gasteiger partial charge in [0.25, 0.3) is 0 Å². The Labute approximate surface area is 69.6 Å². The van der Waals surface area contributed by atoms with Gasteiger partial charge in [0.15, 0.2) is 0 Å². The Kier molecular flexibility index (Phi) is 234. The van der Waals surface area contributed by atoms with Gasteiger partial charge in [0, 0.05) is 50.3 Å². The molecule has 0 spiro atoms. The Morgan fingerprint density at radius 2 is 1.20 bits per heavy atom. The zero-order valence-corrected chi connectivity index (χ0v) is 6.10. The molecule has 0 aliphatic heterocycles. The molecular formula is CoFeMnNiO. The molecule has 0 atom stereocenters. The van der Waals surface area contributed by atoms with Crippen molar-refractivity contribution in [2.75, 3.05) is 0 Å². The van der Waals surface area contributed by atoms with Gasteiger partial charge in [-0.3, -0.25) is 0 Å². The molecule has 0 unspecified atom stereocenters. The van der Waals surface area contributed by atoms with Gasteiger partial charge < -0.3 is 0 Å². The molecule has 1 nitrogen and oxygen atoms in total. The Hall–Kier alpha value is 1.84. The molecule has 0 N–H and O–H groups in total. The van der Waals surface area contributed by atoms with Gasteiger partial charge in [0.1, 0.15) is 0 Å². The van der Waals surface area contributed by atoms with Crippen LogP contribution in [0.25, 0.3) is 0 Å². The van der Waals surface area contributed by atoms with Gasteiger partial charge in [0.2, 0.25) is 0 Å². The van der Waals surface area contributed by atoms with Gasteiger partial charge in [-0.25, -0.2) is 0 Å². The molecule has 0 aromatic rings. The molecule has 5 heavy (non-hydrogen) atoms. The first-order valence-corrected chi connectivity index (χ1v) is 0.636. The van der Waals surface area contributed by atoms with E-state index in [1.807, 2.05) is 0 Å². The summed E-state index contributed by atoms with van der Waals surface area (Å²) in [5.74, 6) is 0. The predicted octanol–water partition coefficient (Wildman–Crippen LogP) is -0.129. The molecule has 0 saturated heterocycles. The van der Waals surface area contributed by atoms with Gasteiger partial charge in [-0.1, -0.05) is 0 Å². The third-order valence-corrected chi connectivity index (χ3v) is 0. The Balaban J connectivity index is -0.00000000167. The maximum atomic E-state index is 8.06. The summed E-state index contributed by atoms with van der Waals surface area (Å²) >= 11 is 1.69. The van der Waals surface area contributed by atoms with Crippen molar-refractivity contribution < 1.29 is 70.1 Å². The van der Waals surface area contributed by atoms with E-state index in [-0.39, 0.29) is 50.3 Å². The molecule has 40 valence electrons. The van der Waals surface area contributed by atoms with Crippen molar-refractivity contribution in [3.05, 3.63) is 0 Å². The summed E-state index contributed by atoms with van der Waals surface area (Å²) in [5.41, 5.74) is 0. The minimum atomic E-state index is 0. The van der Waals surface area contributed by atoms with E-state index in [4.69, 9.17) is 3.83 Å². The second kappa shape index (κ2) is 40.4. The first-order valence-electron chi connectivity index (χ1n) is 0.154. The second-order valence-electron chi connectivity index (χ2n) is 0. The van der Waals surface area contributed by atoms with Crippen LogP contribution in [-0.4, -0.2) is 0 Å². The monoisotopic (exact) mass is 244 g/mol. The van der Waals surface area contributed by atoms with Crippen LogP contribution in [0.2, 0.25) is 0 Å². The van der Waals surface area contributed by atoms with Crippen LogP contribution in [0.15, 0.2) is 0 Å². The molecule has 0 saturated carbocycles. The maximum absolute atomic E-state index is 8.06. The van der Waals surface area contributed by atoms with Crippen LogP contribution in [0.3, 0.4) is 0 Å². The van der Waals surface area contributed by atoms with E-state index >= 15 is 0 Å². The van der Waals surface area contributed by atoms with E-state index in [9.17, 15) is 0 Å².